The smallest absolute Gasteiger partial charge is 0.239 e. The molecular formula is C15H20N4O. The fourth-order valence-corrected chi connectivity index (χ4v) is 1.91. The molecule has 3 N–H and O–H groups in total. The summed E-state index contributed by atoms with van der Waals surface area (Å²) in [5.41, 5.74) is 4.70. The van der Waals surface area contributed by atoms with E-state index < -0.39 is 0 Å². The van der Waals surface area contributed by atoms with Crippen LogP contribution in [0, 0.1) is 6.92 Å². The number of rotatable bonds is 3. The zero-order valence-electron chi connectivity index (χ0n) is 12.3. The van der Waals surface area contributed by atoms with Crippen LogP contribution in [0.15, 0.2) is 30.6 Å². The van der Waals surface area contributed by atoms with E-state index in [0.717, 1.165) is 16.9 Å². The Labute approximate surface area is 119 Å². The summed E-state index contributed by atoms with van der Waals surface area (Å²) < 4.78 is 5.89. The lowest BCUT2D eigenvalue weighted by atomic mass is 9.86. The molecule has 0 radical (unpaired) electrons. The first kappa shape index (κ1) is 14.3. The minimum atomic E-state index is -0.0137. The second-order valence-corrected chi connectivity index (χ2v) is 5.74. The van der Waals surface area contributed by atoms with Gasteiger partial charge < -0.3 is 10.2 Å². The summed E-state index contributed by atoms with van der Waals surface area (Å²) in [6.07, 6.45) is 3.10. The predicted molar refractivity (Wildman–Crippen MR) is 79.8 cm³/mol. The van der Waals surface area contributed by atoms with Crippen molar-refractivity contribution < 1.29 is 4.74 Å². The van der Waals surface area contributed by atoms with Gasteiger partial charge in [0.05, 0.1) is 12.4 Å². The molecule has 1 heterocycles. The van der Waals surface area contributed by atoms with Crippen molar-refractivity contribution >= 4 is 5.82 Å². The lowest BCUT2D eigenvalue weighted by Crippen LogP contribution is -2.13. The minimum absolute atomic E-state index is 0.0137. The second kappa shape index (κ2) is 5.46. The van der Waals surface area contributed by atoms with Crippen molar-refractivity contribution in [1.29, 1.82) is 0 Å². The molecule has 5 nitrogen and oxygen atoms in total. The van der Waals surface area contributed by atoms with Crippen LogP contribution in [0.2, 0.25) is 0 Å². The largest absolute Gasteiger partial charge is 0.437 e. The standard InChI is InChI=1S/C15H20N4O/c1-10-5-6-11(15(2,3)4)12(7-10)20-14-9-17-8-13(18-14)19-16/h5-9H,16H2,1-4H3,(H,18,19). The summed E-state index contributed by atoms with van der Waals surface area (Å²) >= 11 is 0. The van der Waals surface area contributed by atoms with Gasteiger partial charge in [0.15, 0.2) is 5.82 Å². The van der Waals surface area contributed by atoms with Crippen LogP contribution in [0.25, 0.3) is 0 Å². The van der Waals surface area contributed by atoms with E-state index >= 15 is 0 Å². The number of hydrogen-bond acceptors (Lipinski definition) is 5. The highest BCUT2D eigenvalue weighted by Crippen LogP contribution is 2.34. The Morgan fingerprint density at radius 3 is 2.60 bits per heavy atom. The van der Waals surface area contributed by atoms with Gasteiger partial charge in [-0.05, 0) is 24.0 Å². The molecule has 0 saturated carbocycles. The first-order chi connectivity index (χ1) is 9.40. The normalized spacial score (nSPS) is 11.2. The zero-order chi connectivity index (χ0) is 14.8. The summed E-state index contributed by atoms with van der Waals surface area (Å²) in [6.45, 7) is 8.47. The van der Waals surface area contributed by atoms with Gasteiger partial charge in [-0.15, -0.1) is 0 Å². The summed E-state index contributed by atoms with van der Waals surface area (Å²) in [5.74, 6) is 7.00. The Kier molecular flexibility index (Phi) is 3.90. The molecule has 0 fully saturated rings. The summed E-state index contributed by atoms with van der Waals surface area (Å²) in [4.78, 5) is 8.25. The van der Waals surface area contributed by atoms with E-state index in [4.69, 9.17) is 10.6 Å². The molecule has 1 aromatic heterocycles. The Balaban J connectivity index is 2.39. The van der Waals surface area contributed by atoms with Gasteiger partial charge in [-0.1, -0.05) is 32.9 Å². The monoisotopic (exact) mass is 272 g/mol. The Morgan fingerprint density at radius 1 is 1.20 bits per heavy atom. The number of hydrogen-bond donors (Lipinski definition) is 2. The fraction of sp³-hybridized carbons (Fsp3) is 0.333. The van der Waals surface area contributed by atoms with Gasteiger partial charge in [0.1, 0.15) is 5.75 Å². The van der Waals surface area contributed by atoms with E-state index in [0.29, 0.717) is 11.7 Å². The molecular weight excluding hydrogens is 252 g/mol. The van der Waals surface area contributed by atoms with Crippen LogP contribution in [0.1, 0.15) is 31.9 Å². The molecule has 2 aromatic rings. The fourth-order valence-electron chi connectivity index (χ4n) is 1.91. The Hall–Kier alpha value is -2.14. The molecule has 0 atom stereocenters. The van der Waals surface area contributed by atoms with Gasteiger partial charge in [0.2, 0.25) is 5.88 Å². The van der Waals surface area contributed by atoms with Gasteiger partial charge in [-0.3, -0.25) is 4.98 Å². The van der Waals surface area contributed by atoms with E-state index in [1.807, 2.05) is 13.0 Å². The van der Waals surface area contributed by atoms with Gasteiger partial charge in [-0.25, -0.2) is 5.84 Å². The van der Waals surface area contributed by atoms with Gasteiger partial charge in [0, 0.05) is 5.56 Å². The predicted octanol–water partition coefficient (Wildman–Crippen LogP) is 3.16. The van der Waals surface area contributed by atoms with E-state index in [1.165, 1.54) is 6.20 Å². The molecule has 1 aromatic carbocycles. The molecule has 0 aliphatic rings. The maximum absolute atomic E-state index is 5.89. The van der Waals surface area contributed by atoms with Gasteiger partial charge >= 0.3 is 0 Å². The van der Waals surface area contributed by atoms with Crippen LogP contribution in [0.3, 0.4) is 0 Å². The average molecular weight is 272 g/mol. The molecule has 2 rings (SSSR count). The van der Waals surface area contributed by atoms with Gasteiger partial charge in [0.25, 0.3) is 0 Å². The van der Waals surface area contributed by atoms with Crippen molar-refractivity contribution in [3.05, 3.63) is 41.7 Å². The summed E-state index contributed by atoms with van der Waals surface area (Å²) in [5, 5.41) is 0. The van der Waals surface area contributed by atoms with Crippen molar-refractivity contribution in [2.75, 3.05) is 5.43 Å². The highest BCUT2D eigenvalue weighted by Gasteiger charge is 2.19. The molecule has 0 saturated heterocycles. The number of hydrazine groups is 1. The number of anilines is 1. The number of ether oxygens (including phenoxy) is 1. The third-order valence-corrected chi connectivity index (χ3v) is 2.92. The number of benzene rings is 1. The maximum Gasteiger partial charge on any atom is 0.239 e. The van der Waals surface area contributed by atoms with Crippen molar-refractivity contribution in [1.82, 2.24) is 9.97 Å². The lowest BCUT2D eigenvalue weighted by Gasteiger charge is -2.22. The molecule has 0 aliphatic heterocycles. The summed E-state index contributed by atoms with van der Waals surface area (Å²) in [6, 6.07) is 6.17. The number of nitrogens with zero attached hydrogens (tertiary/aromatic N) is 2. The molecule has 0 unspecified atom stereocenters. The van der Waals surface area contributed by atoms with Crippen LogP contribution in [0.5, 0.6) is 11.6 Å². The first-order valence-corrected chi connectivity index (χ1v) is 6.48. The van der Waals surface area contributed by atoms with E-state index in [-0.39, 0.29) is 5.41 Å². The highest BCUT2D eigenvalue weighted by molar-refractivity contribution is 5.43. The minimum Gasteiger partial charge on any atom is -0.437 e. The lowest BCUT2D eigenvalue weighted by molar-refractivity contribution is 0.438. The number of aromatic nitrogens is 2. The Morgan fingerprint density at radius 2 is 1.95 bits per heavy atom. The molecule has 20 heavy (non-hydrogen) atoms. The second-order valence-electron chi connectivity index (χ2n) is 5.74. The zero-order valence-corrected chi connectivity index (χ0v) is 12.3. The molecule has 106 valence electrons. The molecule has 0 bridgehead atoms. The van der Waals surface area contributed by atoms with Crippen LogP contribution in [-0.4, -0.2) is 9.97 Å². The van der Waals surface area contributed by atoms with E-state index in [2.05, 4.69) is 48.3 Å². The number of aryl methyl sites for hydroxylation is 1. The maximum atomic E-state index is 5.89. The molecule has 0 amide bonds. The number of nitrogen functional groups attached to an aromatic ring is 1. The van der Waals surface area contributed by atoms with E-state index in [9.17, 15) is 0 Å². The average Bonchev–Trinajstić information content (AvgIpc) is 2.37. The first-order valence-electron chi connectivity index (χ1n) is 6.48. The van der Waals surface area contributed by atoms with Gasteiger partial charge in [-0.2, -0.15) is 4.98 Å². The van der Waals surface area contributed by atoms with Crippen LogP contribution >= 0.6 is 0 Å². The van der Waals surface area contributed by atoms with Crippen molar-refractivity contribution in [3.8, 4) is 11.6 Å². The topological polar surface area (TPSA) is 73.1 Å². The molecule has 5 heteroatoms. The van der Waals surface area contributed by atoms with Crippen LogP contribution in [-0.2, 0) is 5.41 Å². The van der Waals surface area contributed by atoms with Crippen LogP contribution in [0.4, 0.5) is 5.82 Å². The van der Waals surface area contributed by atoms with Crippen molar-refractivity contribution in [2.24, 2.45) is 5.84 Å². The Bertz CT molecular complexity index is 605. The quantitative estimate of drug-likeness (QED) is 0.663. The third-order valence-electron chi connectivity index (χ3n) is 2.92. The van der Waals surface area contributed by atoms with Crippen LogP contribution < -0.4 is 16.0 Å². The number of nitrogens with one attached hydrogen (secondary N) is 1. The molecule has 0 aliphatic carbocycles. The SMILES string of the molecule is Cc1ccc(C(C)(C)C)c(Oc2cncc(NN)n2)c1. The third kappa shape index (κ3) is 3.24. The summed E-state index contributed by atoms with van der Waals surface area (Å²) in [7, 11) is 0. The highest BCUT2D eigenvalue weighted by atomic mass is 16.5. The number of nitrogens with two attached hydrogens (primary N) is 1. The van der Waals surface area contributed by atoms with Crippen molar-refractivity contribution in [3.63, 3.8) is 0 Å². The van der Waals surface area contributed by atoms with Crippen molar-refractivity contribution in [2.45, 2.75) is 33.1 Å². The molecule has 0 spiro atoms. The van der Waals surface area contributed by atoms with E-state index in [1.54, 1.807) is 6.20 Å².